The molecular formula is C19H13Cl2N3O3. The largest absolute Gasteiger partial charge is 0.507 e. The van der Waals surface area contributed by atoms with Gasteiger partial charge in [0.1, 0.15) is 5.75 Å². The zero-order valence-corrected chi connectivity index (χ0v) is 15.3. The monoisotopic (exact) mass is 401 g/mol. The Morgan fingerprint density at radius 1 is 0.963 bits per heavy atom. The van der Waals surface area contributed by atoms with Crippen LogP contribution in [0.3, 0.4) is 0 Å². The summed E-state index contributed by atoms with van der Waals surface area (Å²) >= 11 is 11.7. The number of carbonyl (C=O) groups excluding carboxylic acids is 2. The third-order valence-electron chi connectivity index (χ3n) is 3.63. The molecule has 0 bridgehead atoms. The topological polar surface area (TPSA) is 90.8 Å². The second-order valence-electron chi connectivity index (χ2n) is 5.53. The van der Waals surface area contributed by atoms with Crippen molar-refractivity contribution in [2.75, 3.05) is 5.32 Å². The lowest BCUT2D eigenvalue weighted by molar-refractivity contribution is -0.136. The van der Waals surface area contributed by atoms with Crippen LogP contribution in [0.15, 0.2) is 59.7 Å². The van der Waals surface area contributed by atoms with E-state index in [-0.39, 0.29) is 11.4 Å². The van der Waals surface area contributed by atoms with Crippen molar-refractivity contribution < 1.29 is 14.7 Å². The number of carbonyl (C=O) groups is 2. The lowest BCUT2D eigenvalue weighted by Gasteiger charge is -2.06. The Morgan fingerprint density at radius 3 is 2.41 bits per heavy atom. The van der Waals surface area contributed by atoms with E-state index in [0.29, 0.717) is 15.6 Å². The number of benzene rings is 3. The average Bonchev–Trinajstić information content (AvgIpc) is 2.62. The first-order chi connectivity index (χ1) is 12.9. The minimum absolute atomic E-state index is 0.00437. The van der Waals surface area contributed by atoms with Crippen molar-refractivity contribution >= 4 is 57.7 Å². The molecule has 0 heterocycles. The van der Waals surface area contributed by atoms with Crippen LogP contribution in [-0.2, 0) is 9.59 Å². The van der Waals surface area contributed by atoms with Gasteiger partial charge in [-0.05, 0) is 35.0 Å². The molecule has 0 spiro atoms. The first-order valence-electron chi connectivity index (χ1n) is 7.75. The lowest BCUT2D eigenvalue weighted by Crippen LogP contribution is -2.32. The van der Waals surface area contributed by atoms with Crippen molar-refractivity contribution in [3.63, 3.8) is 0 Å². The van der Waals surface area contributed by atoms with E-state index in [1.54, 1.807) is 6.07 Å². The summed E-state index contributed by atoms with van der Waals surface area (Å²) in [6.07, 6.45) is 1.28. The minimum atomic E-state index is -0.984. The van der Waals surface area contributed by atoms with E-state index >= 15 is 0 Å². The van der Waals surface area contributed by atoms with Crippen molar-refractivity contribution in [2.24, 2.45) is 5.10 Å². The van der Waals surface area contributed by atoms with Gasteiger partial charge in [-0.3, -0.25) is 9.59 Å². The molecule has 27 heavy (non-hydrogen) atoms. The molecule has 0 radical (unpaired) electrons. The third kappa shape index (κ3) is 4.55. The smallest absolute Gasteiger partial charge is 0.329 e. The Labute approximate surface area is 164 Å². The van der Waals surface area contributed by atoms with Crippen LogP contribution in [0, 0.1) is 0 Å². The fraction of sp³-hybridized carbons (Fsp3) is 0. The Bertz CT molecular complexity index is 1050. The van der Waals surface area contributed by atoms with Crippen molar-refractivity contribution in [3.05, 3.63) is 70.2 Å². The molecule has 3 rings (SSSR count). The number of hydrogen-bond acceptors (Lipinski definition) is 4. The number of fused-ring (bicyclic) bond motifs is 1. The van der Waals surface area contributed by atoms with E-state index in [1.807, 2.05) is 24.3 Å². The first-order valence-corrected chi connectivity index (χ1v) is 8.51. The van der Waals surface area contributed by atoms with E-state index < -0.39 is 11.8 Å². The van der Waals surface area contributed by atoms with Crippen LogP contribution in [0.1, 0.15) is 5.56 Å². The van der Waals surface area contributed by atoms with Gasteiger partial charge in [-0.1, -0.05) is 53.5 Å². The number of halogens is 2. The number of hydrazone groups is 1. The molecule has 8 heteroatoms. The summed E-state index contributed by atoms with van der Waals surface area (Å²) in [5.41, 5.74) is 2.82. The van der Waals surface area contributed by atoms with Gasteiger partial charge in [0.25, 0.3) is 0 Å². The summed E-state index contributed by atoms with van der Waals surface area (Å²) in [7, 11) is 0. The summed E-state index contributed by atoms with van der Waals surface area (Å²) < 4.78 is 0. The van der Waals surface area contributed by atoms with Crippen LogP contribution in [0.25, 0.3) is 10.8 Å². The SMILES string of the molecule is O=C(N/N=C\c1c(O)ccc2ccccc12)C(=O)Nc1cc(Cl)cc(Cl)c1. The number of anilines is 1. The maximum atomic E-state index is 11.9. The average molecular weight is 402 g/mol. The zero-order valence-electron chi connectivity index (χ0n) is 13.7. The molecule has 3 aromatic rings. The standard InChI is InChI=1S/C19H13Cl2N3O3/c20-12-7-13(21)9-14(8-12)23-18(26)19(27)24-22-10-16-15-4-2-1-3-11(15)5-6-17(16)25/h1-10,25H,(H,23,26)(H,24,27)/b22-10-. The fourth-order valence-corrected chi connectivity index (χ4v) is 2.97. The van der Waals surface area contributed by atoms with Crippen molar-refractivity contribution in [3.8, 4) is 5.75 Å². The van der Waals surface area contributed by atoms with Gasteiger partial charge in [-0.25, -0.2) is 5.43 Å². The molecule has 136 valence electrons. The van der Waals surface area contributed by atoms with E-state index in [2.05, 4.69) is 15.8 Å². The highest BCUT2D eigenvalue weighted by atomic mass is 35.5. The predicted molar refractivity (Wildman–Crippen MR) is 106 cm³/mol. The lowest BCUT2D eigenvalue weighted by atomic mass is 10.0. The van der Waals surface area contributed by atoms with Gasteiger partial charge in [0.2, 0.25) is 0 Å². The number of amides is 2. The highest BCUT2D eigenvalue weighted by molar-refractivity contribution is 6.40. The van der Waals surface area contributed by atoms with E-state index in [4.69, 9.17) is 23.2 Å². The number of aromatic hydroxyl groups is 1. The number of phenolic OH excluding ortho intramolecular Hbond substituents is 1. The molecule has 0 aromatic heterocycles. The van der Waals surface area contributed by atoms with Crippen LogP contribution in [0.4, 0.5) is 5.69 Å². The summed E-state index contributed by atoms with van der Waals surface area (Å²) in [6, 6.07) is 15.1. The molecule has 0 unspecified atom stereocenters. The van der Waals surface area contributed by atoms with Gasteiger partial charge in [-0.15, -0.1) is 0 Å². The van der Waals surface area contributed by atoms with Crippen LogP contribution in [0.2, 0.25) is 10.0 Å². The van der Waals surface area contributed by atoms with Gasteiger partial charge < -0.3 is 10.4 Å². The third-order valence-corrected chi connectivity index (χ3v) is 4.07. The second kappa shape index (κ2) is 8.07. The molecular weight excluding hydrogens is 389 g/mol. The molecule has 0 saturated carbocycles. The van der Waals surface area contributed by atoms with Crippen molar-refractivity contribution in [1.82, 2.24) is 5.43 Å². The molecule has 0 aliphatic carbocycles. The highest BCUT2D eigenvalue weighted by Crippen LogP contribution is 2.25. The van der Waals surface area contributed by atoms with Gasteiger partial charge in [0.05, 0.1) is 6.21 Å². The second-order valence-corrected chi connectivity index (χ2v) is 6.40. The molecule has 3 N–H and O–H groups in total. The molecule has 0 atom stereocenters. The summed E-state index contributed by atoms with van der Waals surface area (Å²) in [6.45, 7) is 0. The van der Waals surface area contributed by atoms with Crippen molar-refractivity contribution in [1.29, 1.82) is 0 Å². The quantitative estimate of drug-likeness (QED) is 0.352. The molecule has 0 aliphatic heterocycles. The van der Waals surface area contributed by atoms with Gasteiger partial charge in [0, 0.05) is 21.3 Å². The molecule has 0 aliphatic rings. The van der Waals surface area contributed by atoms with Crippen LogP contribution < -0.4 is 10.7 Å². The summed E-state index contributed by atoms with van der Waals surface area (Å²) in [5, 5.41) is 18.4. The fourth-order valence-electron chi connectivity index (χ4n) is 2.44. The van der Waals surface area contributed by atoms with Crippen molar-refractivity contribution in [2.45, 2.75) is 0 Å². The maximum absolute atomic E-state index is 11.9. The van der Waals surface area contributed by atoms with Crippen LogP contribution >= 0.6 is 23.2 Å². The van der Waals surface area contributed by atoms with Gasteiger partial charge >= 0.3 is 11.8 Å². The Balaban J connectivity index is 1.70. The summed E-state index contributed by atoms with van der Waals surface area (Å²) in [4.78, 5) is 23.8. The van der Waals surface area contributed by atoms with E-state index in [0.717, 1.165) is 10.8 Å². The predicted octanol–water partition coefficient (Wildman–Crippen LogP) is 3.94. The van der Waals surface area contributed by atoms with E-state index in [1.165, 1.54) is 30.5 Å². The normalized spacial score (nSPS) is 10.9. The number of rotatable bonds is 3. The van der Waals surface area contributed by atoms with Gasteiger partial charge in [-0.2, -0.15) is 5.10 Å². The molecule has 6 nitrogen and oxygen atoms in total. The molecule has 2 amide bonds. The number of nitrogens with zero attached hydrogens (tertiary/aromatic N) is 1. The summed E-state index contributed by atoms with van der Waals surface area (Å²) in [5.74, 6) is -1.92. The molecule has 0 saturated heterocycles. The number of hydrogen-bond donors (Lipinski definition) is 3. The first kappa shape index (κ1) is 18.7. The Kier molecular flexibility index (Phi) is 5.59. The highest BCUT2D eigenvalue weighted by Gasteiger charge is 2.14. The van der Waals surface area contributed by atoms with Crippen LogP contribution in [0.5, 0.6) is 5.75 Å². The Hall–Kier alpha value is -3.09. The minimum Gasteiger partial charge on any atom is -0.507 e. The van der Waals surface area contributed by atoms with E-state index in [9.17, 15) is 14.7 Å². The number of phenols is 1. The molecule has 0 fully saturated rings. The van der Waals surface area contributed by atoms with Gasteiger partial charge in [0.15, 0.2) is 0 Å². The zero-order chi connectivity index (χ0) is 19.4. The maximum Gasteiger partial charge on any atom is 0.329 e. The van der Waals surface area contributed by atoms with Crippen LogP contribution in [-0.4, -0.2) is 23.1 Å². The number of nitrogens with one attached hydrogen (secondary N) is 2. The molecule has 3 aromatic carbocycles. The Morgan fingerprint density at radius 2 is 1.67 bits per heavy atom.